The average molecular weight is 271 g/mol. The number of hydrogen-bond acceptors (Lipinski definition) is 3. The van der Waals surface area contributed by atoms with Crippen molar-refractivity contribution in [2.24, 2.45) is 0 Å². The number of hydrogen-bond donors (Lipinski definition) is 2. The minimum atomic E-state index is -3.51. The highest BCUT2D eigenvalue weighted by Crippen LogP contribution is 2.20. The Morgan fingerprint density at radius 1 is 1.22 bits per heavy atom. The van der Waals surface area contributed by atoms with Gasteiger partial charge in [0, 0.05) is 6.54 Å². The minimum absolute atomic E-state index is 0.0233. The molecule has 0 spiro atoms. The van der Waals surface area contributed by atoms with E-state index in [1.54, 1.807) is 12.1 Å². The maximum absolute atomic E-state index is 11.9. The first kappa shape index (κ1) is 15.1. The summed E-state index contributed by atoms with van der Waals surface area (Å²) in [4.78, 5) is 0.232. The molecule has 102 valence electrons. The summed E-state index contributed by atoms with van der Waals surface area (Å²) in [5.41, 5.74) is 1.13. The molecule has 2 N–H and O–H groups in total. The zero-order chi connectivity index (χ0) is 13.8. The van der Waals surface area contributed by atoms with Gasteiger partial charge in [0.05, 0.1) is 11.0 Å². The molecule has 0 aliphatic carbocycles. The summed E-state index contributed by atoms with van der Waals surface area (Å²) < 4.78 is 26.1. The molecule has 18 heavy (non-hydrogen) atoms. The predicted octanol–water partition coefficient (Wildman–Crippen LogP) is 1.86. The molecule has 0 radical (unpaired) electrons. The first-order chi connectivity index (χ1) is 8.36. The fraction of sp³-hybridized carbons (Fsp3) is 0.538. The summed E-state index contributed by atoms with van der Waals surface area (Å²) in [6.45, 7) is 5.76. The molecule has 0 saturated heterocycles. The first-order valence-electron chi connectivity index (χ1n) is 6.14. The average Bonchev–Trinajstić information content (AvgIpc) is 2.36. The van der Waals surface area contributed by atoms with Crippen LogP contribution in [0.1, 0.15) is 38.7 Å². The van der Waals surface area contributed by atoms with Gasteiger partial charge >= 0.3 is 0 Å². The van der Waals surface area contributed by atoms with E-state index in [1.807, 2.05) is 12.1 Å². The molecule has 4 nitrogen and oxygen atoms in total. The van der Waals surface area contributed by atoms with E-state index in [1.165, 1.54) is 6.92 Å². The van der Waals surface area contributed by atoms with Crippen molar-refractivity contribution in [3.63, 3.8) is 0 Å². The molecule has 0 fully saturated rings. The van der Waals surface area contributed by atoms with Crippen LogP contribution in [0.5, 0.6) is 0 Å². The van der Waals surface area contributed by atoms with Crippen LogP contribution in [-0.4, -0.2) is 26.2 Å². The van der Waals surface area contributed by atoms with Crippen molar-refractivity contribution in [2.45, 2.75) is 44.1 Å². The van der Waals surface area contributed by atoms with Gasteiger partial charge in [-0.1, -0.05) is 26.0 Å². The fourth-order valence-electron chi connectivity index (χ4n) is 1.52. The van der Waals surface area contributed by atoms with E-state index in [0.29, 0.717) is 5.92 Å². The fourth-order valence-corrected chi connectivity index (χ4v) is 2.65. The van der Waals surface area contributed by atoms with E-state index in [2.05, 4.69) is 18.6 Å². The van der Waals surface area contributed by atoms with Crippen LogP contribution < -0.4 is 4.72 Å². The molecular weight excluding hydrogens is 250 g/mol. The smallest absolute Gasteiger partial charge is 0.240 e. The molecule has 2 atom stereocenters. The van der Waals surface area contributed by atoms with Crippen molar-refractivity contribution in [3.05, 3.63) is 29.8 Å². The summed E-state index contributed by atoms with van der Waals surface area (Å²) in [6.07, 6.45) is 0.325. The van der Waals surface area contributed by atoms with Crippen molar-refractivity contribution >= 4 is 10.0 Å². The Hall–Kier alpha value is -0.910. The lowest BCUT2D eigenvalue weighted by molar-refractivity contribution is 0.198. The predicted molar refractivity (Wildman–Crippen MR) is 72.0 cm³/mol. The van der Waals surface area contributed by atoms with Crippen molar-refractivity contribution in [1.29, 1.82) is 0 Å². The van der Waals surface area contributed by atoms with Crippen LogP contribution in [0.4, 0.5) is 0 Å². The molecule has 0 bridgehead atoms. The minimum Gasteiger partial charge on any atom is -0.392 e. The highest BCUT2D eigenvalue weighted by Gasteiger charge is 2.14. The van der Waals surface area contributed by atoms with Crippen LogP contribution in [0, 0.1) is 0 Å². The zero-order valence-corrected chi connectivity index (χ0v) is 11.9. The topological polar surface area (TPSA) is 66.4 Å². The number of nitrogens with one attached hydrogen (secondary N) is 1. The van der Waals surface area contributed by atoms with Gasteiger partial charge in [0.2, 0.25) is 10.0 Å². The van der Waals surface area contributed by atoms with Gasteiger partial charge in [0.15, 0.2) is 0 Å². The number of sulfonamides is 1. The highest BCUT2D eigenvalue weighted by atomic mass is 32.2. The van der Waals surface area contributed by atoms with Crippen LogP contribution in [-0.2, 0) is 10.0 Å². The third kappa shape index (κ3) is 4.08. The van der Waals surface area contributed by atoms with Gasteiger partial charge in [-0.05, 0) is 37.0 Å². The zero-order valence-electron chi connectivity index (χ0n) is 11.1. The Kier molecular flexibility index (Phi) is 5.31. The van der Waals surface area contributed by atoms with Gasteiger partial charge in [0.25, 0.3) is 0 Å². The third-order valence-corrected chi connectivity index (χ3v) is 4.38. The van der Waals surface area contributed by atoms with Crippen LogP contribution in [0.2, 0.25) is 0 Å². The highest BCUT2D eigenvalue weighted by molar-refractivity contribution is 7.89. The van der Waals surface area contributed by atoms with Crippen molar-refractivity contribution in [1.82, 2.24) is 4.72 Å². The Labute approximate surface area is 109 Å². The number of benzene rings is 1. The maximum atomic E-state index is 11.9. The molecule has 1 unspecified atom stereocenters. The normalized spacial score (nSPS) is 15.3. The van der Waals surface area contributed by atoms with E-state index < -0.39 is 16.1 Å². The van der Waals surface area contributed by atoms with E-state index >= 15 is 0 Å². The standard InChI is InChI=1S/C13H21NO3S/c1-4-10(2)12-5-7-13(8-6-12)18(16,17)14-9-11(3)15/h5-8,10-11,14-15H,4,9H2,1-3H3/t10?,11-/m0/s1. The van der Waals surface area contributed by atoms with Crippen molar-refractivity contribution in [3.8, 4) is 0 Å². The quantitative estimate of drug-likeness (QED) is 0.830. The lowest BCUT2D eigenvalue weighted by Crippen LogP contribution is -2.30. The number of aliphatic hydroxyl groups is 1. The SMILES string of the molecule is CCC(C)c1ccc(S(=O)(=O)NC[C@H](C)O)cc1. The van der Waals surface area contributed by atoms with Gasteiger partial charge in [-0.25, -0.2) is 13.1 Å². The van der Waals surface area contributed by atoms with Crippen molar-refractivity contribution < 1.29 is 13.5 Å². The Morgan fingerprint density at radius 2 is 1.78 bits per heavy atom. The number of rotatable bonds is 6. The maximum Gasteiger partial charge on any atom is 0.240 e. The van der Waals surface area contributed by atoms with Crippen LogP contribution in [0.3, 0.4) is 0 Å². The summed E-state index contributed by atoms with van der Waals surface area (Å²) in [6, 6.07) is 6.88. The molecule has 0 amide bonds. The van der Waals surface area contributed by atoms with Crippen LogP contribution >= 0.6 is 0 Å². The molecule has 0 saturated carbocycles. The van der Waals surface area contributed by atoms with Gasteiger partial charge in [-0.3, -0.25) is 0 Å². The van der Waals surface area contributed by atoms with Gasteiger partial charge in [0.1, 0.15) is 0 Å². The van der Waals surface area contributed by atoms with Gasteiger partial charge in [-0.2, -0.15) is 0 Å². The van der Waals surface area contributed by atoms with Crippen molar-refractivity contribution in [2.75, 3.05) is 6.54 Å². The monoisotopic (exact) mass is 271 g/mol. The molecule has 1 aromatic carbocycles. The third-order valence-electron chi connectivity index (χ3n) is 2.94. The molecule has 0 aliphatic heterocycles. The molecule has 1 aromatic rings. The molecule has 1 rings (SSSR count). The molecular formula is C13H21NO3S. The Bertz CT molecular complexity index is 466. The van der Waals surface area contributed by atoms with E-state index in [0.717, 1.165) is 12.0 Å². The second-order valence-corrected chi connectivity index (χ2v) is 6.35. The van der Waals surface area contributed by atoms with E-state index in [-0.39, 0.29) is 11.4 Å². The molecule has 0 aromatic heterocycles. The lowest BCUT2D eigenvalue weighted by Gasteiger charge is -2.11. The summed E-state index contributed by atoms with van der Waals surface area (Å²) in [5, 5.41) is 9.08. The summed E-state index contributed by atoms with van der Waals surface area (Å²) >= 11 is 0. The molecule has 5 heteroatoms. The van der Waals surface area contributed by atoms with Gasteiger partial charge in [-0.15, -0.1) is 0 Å². The molecule has 0 aliphatic rings. The largest absolute Gasteiger partial charge is 0.392 e. The second kappa shape index (κ2) is 6.31. The van der Waals surface area contributed by atoms with Crippen LogP contribution in [0.15, 0.2) is 29.2 Å². The van der Waals surface area contributed by atoms with E-state index in [9.17, 15) is 8.42 Å². The van der Waals surface area contributed by atoms with E-state index in [4.69, 9.17) is 5.11 Å². The summed E-state index contributed by atoms with van der Waals surface area (Å²) in [7, 11) is -3.51. The first-order valence-corrected chi connectivity index (χ1v) is 7.62. The van der Waals surface area contributed by atoms with Crippen LogP contribution in [0.25, 0.3) is 0 Å². The number of aliphatic hydroxyl groups excluding tert-OH is 1. The summed E-state index contributed by atoms with van der Waals surface area (Å²) in [5.74, 6) is 0.423. The molecule has 0 heterocycles. The Balaban J connectivity index is 2.84. The second-order valence-electron chi connectivity index (χ2n) is 4.58. The lowest BCUT2D eigenvalue weighted by atomic mass is 9.99. The van der Waals surface area contributed by atoms with Gasteiger partial charge < -0.3 is 5.11 Å². The Morgan fingerprint density at radius 3 is 2.22 bits per heavy atom.